The Morgan fingerprint density at radius 2 is 1.53 bits per heavy atom. The van der Waals surface area contributed by atoms with E-state index in [1.54, 1.807) is 0 Å². The van der Waals surface area contributed by atoms with E-state index in [1.165, 1.54) is 43.4 Å². The lowest BCUT2D eigenvalue weighted by Crippen LogP contribution is -2.65. The molecule has 51 heavy (non-hydrogen) atoms. The summed E-state index contributed by atoms with van der Waals surface area (Å²) in [6.45, 7) is 9.60. The maximum absolute atomic E-state index is 11.1. The van der Waals surface area contributed by atoms with Crippen molar-refractivity contribution >= 4 is 5.71 Å². The molecule has 0 aromatic rings. The molecule has 0 amide bonds. The van der Waals surface area contributed by atoms with Crippen LogP contribution in [0.2, 0.25) is 0 Å². The summed E-state index contributed by atoms with van der Waals surface area (Å²) in [4.78, 5) is 5.08. The van der Waals surface area contributed by atoms with Gasteiger partial charge in [-0.15, -0.1) is 0 Å². The largest absolute Gasteiger partial charge is 0.394 e. The van der Waals surface area contributed by atoms with E-state index in [-0.39, 0.29) is 11.5 Å². The zero-order chi connectivity index (χ0) is 36.4. The van der Waals surface area contributed by atoms with Crippen LogP contribution in [0.15, 0.2) is 16.6 Å². The number of aliphatic hydroxyl groups excluding tert-OH is 7. The molecule has 4 aliphatic carbocycles. The van der Waals surface area contributed by atoms with Crippen LogP contribution < -0.4 is 0 Å². The van der Waals surface area contributed by atoms with Gasteiger partial charge in [-0.05, 0) is 111 Å². The van der Waals surface area contributed by atoms with Crippen molar-refractivity contribution in [2.24, 2.45) is 51.3 Å². The molecule has 3 aliphatic heterocycles. The Kier molecular flexibility index (Phi) is 11.2. The molecular formula is C39H63NO11. The number of aliphatic hydroxyl groups is 7. The Labute approximate surface area is 302 Å². The van der Waals surface area contributed by atoms with Crippen molar-refractivity contribution in [2.45, 2.75) is 159 Å². The normalized spacial score (nSPS) is 52.2. The summed E-state index contributed by atoms with van der Waals surface area (Å²) in [6, 6.07) is 0. The van der Waals surface area contributed by atoms with Crippen molar-refractivity contribution in [1.82, 2.24) is 0 Å². The molecule has 2 saturated heterocycles. The minimum absolute atomic E-state index is 0.0698. The molecule has 0 bridgehead atoms. The smallest absolute Gasteiger partial charge is 0.187 e. The third kappa shape index (κ3) is 6.70. The van der Waals surface area contributed by atoms with Crippen LogP contribution in [0, 0.1) is 46.3 Å². The third-order valence-electron chi connectivity index (χ3n) is 15.1. The molecular weight excluding hydrogens is 658 g/mol. The lowest BCUT2D eigenvalue weighted by Gasteiger charge is -2.58. The number of nitrogens with zero attached hydrogens (tertiary/aromatic N) is 1. The van der Waals surface area contributed by atoms with Gasteiger partial charge in [0.1, 0.15) is 48.8 Å². The van der Waals surface area contributed by atoms with Crippen LogP contribution in [0.1, 0.15) is 91.9 Å². The summed E-state index contributed by atoms with van der Waals surface area (Å²) >= 11 is 0. The molecule has 12 heteroatoms. The Morgan fingerprint density at radius 1 is 0.824 bits per heavy atom. The van der Waals surface area contributed by atoms with Gasteiger partial charge in [-0.25, -0.2) is 0 Å². The predicted octanol–water partition coefficient (Wildman–Crippen LogP) is 2.08. The van der Waals surface area contributed by atoms with Crippen LogP contribution in [0.3, 0.4) is 0 Å². The first-order chi connectivity index (χ1) is 24.3. The highest BCUT2D eigenvalue weighted by atomic mass is 16.8. The van der Waals surface area contributed by atoms with Gasteiger partial charge in [-0.3, -0.25) is 4.99 Å². The van der Waals surface area contributed by atoms with Gasteiger partial charge in [0.15, 0.2) is 12.6 Å². The van der Waals surface area contributed by atoms with E-state index in [0.717, 1.165) is 38.1 Å². The maximum Gasteiger partial charge on any atom is 0.187 e. The number of aliphatic imine (C=N–C) groups is 1. The molecule has 19 atom stereocenters. The average Bonchev–Trinajstić information content (AvgIpc) is 3.48. The van der Waals surface area contributed by atoms with Crippen molar-refractivity contribution in [3.05, 3.63) is 11.6 Å². The highest BCUT2D eigenvalue weighted by molar-refractivity contribution is 5.87. The van der Waals surface area contributed by atoms with Crippen molar-refractivity contribution in [3.8, 4) is 0 Å². The van der Waals surface area contributed by atoms with Crippen LogP contribution in [0.25, 0.3) is 0 Å². The van der Waals surface area contributed by atoms with Gasteiger partial charge in [-0.2, -0.15) is 0 Å². The van der Waals surface area contributed by atoms with Crippen molar-refractivity contribution in [2.75, 3.05) is 19.8 Å². The van der Waals surface area contributed by atoms with E-state index in [0.29, 0.717) is 41.4 Å². The molecule has 9 unspecified atom stereocenters. The summed E-state index contributed by atoms with van der Waals surface area (Å²) in [7, 11) is 0. The SMILES string of the molecule is CC1CCC(C(C)C2CCC3C4CC=C5CC(O[C@@H]6O[C@H](CO)[C@@H](O)[C@H](O)[C@H]6O[C@@H]6O[C@H](CO)[C@@H](O)[C@H](O)[C@H]6O)CCC5(C)C4CCC23C)=NC1. The lowest BCUT2D eigenvalue weighted by atomic mass is 9.47. The lowest BCUT2D eigenvalue weighted by molar-refractivity contribution is -0.372. The van der Waals surface area contributed by atoms with Crippen LogP contribution in [0.4, 0.5) is 0 Å². The molecule has 3 saturated carbocycles. The van der Waals surface area contributed by atoms with Crippen LogP contribution >= 0.6 is 0 Å². The molecule has 5 fully saturated rings. The fourth-order valence-electron chi connectivity index (χ4n) is 11.9. The topological polar surface area (TPSA) is 191 Å². The minimum Gasteiger partial charge on any atom is -0.394 e. The molecule has 290 valence electrons. The van der Waals surface area contributed by atoms with E-state index >= 15 is 0 Å². The van der Waals surface area contributed by atoms with Crippen LogP contribution in [-0.4, -0.2) is 129 Å². The van der Waals surface area contributed by atoms with Crippen LogP contribution in [0.5, 0.6) is 0 Å². The Hall–Kier alpha value is -1.03. The quantitative estimate of drug-likeness (QED) is 0.182. The third-order valence-corrected chi connectivity index (χ3v) is 15.1. The maximum atomic E-state index is 11.1. The van der Waals surface area contributed by atoms with Gasteiger partial charge in [0.25, 0.3) is 0 Å². The summed E-state index contributed by atoms with van der Waals surface area (Å²) in [6.07, 6.45) is -1.40. The zero-order valence-electron chi connectivity index (χ0n) is 30.8. The average molecular weight is 722 g/mol. The molecule has 7 N–H and O–H groups in total. The predicted molar refractivity (Wildman–Crippen MR) is 186 cm³/mol. The molecule has 3 heterocycles. The standard InChI is InChI=1S/C39H63NO11/c1-19-5-10-27(40-16-19)20(2)24-8-9-25-23-7-6-21-15-22(11-13-38(21,3)26(23)12-14-39(24,25)4)48-37-35(33(46)31(44)29(18-42)50-37)51-36-34(47)32(45)30(43)28(17-41)49-36/h6,19-20,22-26,28-37,41-47H,5,7-18H2,1-4H3/t19?,20?,22?,23?,24?,25?,26?,28-,29-,30-,31-,32+,33+,34-,35-,36+,37-,38?,39?/m1/s1. The van der Waals surface area contributed by atoms with Gasteiger partial charge >= 0.3 is 0 Å². The first-order valence-corrected chi connectivity index (χ1v) is 19.8. The fraction of sp³-hybridized carbons (Fsp3) is 0.923. The Morgan fingerprint density at radius 3 is 2.22 bits per heavy atom. The van der Waals surface area contributed by atoms with Gasteiger partial charge in [0, 0.05) is 12.3 Å². The molecule has 12 nitrogen and oxygen atoms in total. The molecule has 0 aromatic heterocycles. The number of ether oxygens (including phenoxy) is 4. The molecule has 0 aromatic carbocycles. The van der Waals surface area contributed by atoms with E-state index in [4.69, 9.17) is 23.9 Å². The summed E-state index contributed by atoms with van der Waals surface area (Å²) in [5, 5.41) is 72.6. The monoisotopic (exact) mass is 721 g/mol. The first-order valence-electron chi connectivity index (χ1n) is 19.8. The van der Waals surface area contributed by atoms with E-state index in [2.05, 4.69) is 33.8 Å². The zero-order valence-corrected chi connectivity index (χ0v) is 30.8. The highest BCUT2D eigenvalue weighted by Gasteiger charge is 2.60. The van der Waals surface area contributed by atoms with Crippen molar-refractivity contribution < 1.29 is 54.7 Å². The van der Waals surface area contributed by atoms with E-state index in [1.807, 2.05) is 0 Å². The Bertz CT molecular complexity index is 1300. The highest BCUT2D eigenvalue weighted by Crippen LogP contribution is 2.67. The van der Waals surface area contributed by atoms with Gasteiger partial charge in [-0.1, -0.05) is 39.3 Å². The fourth-order valence-corrected chi connectivity index (χ4v) is 11.9. The molecule has 0 radical (unpaired) electrons. The van der Waals surface area contributed by atoms with Gasteiger partial charge in [0.2, 0.25) is 0 Å². The van der Waals surface area contributed by atoms with Gasteiger partial charge in [0.05, 0.1) is 19.3 Å². The second kappa shape index (κ2) is 14.9. The van der Waals surface area contributed by atoms with E-state index in [9.17, 15) is 35.7 Å². The van der Waals surface area contributed by atoms with Crippen molar-refractivity contribution in [3.63, 3.8) is 0 Å². The summed E-state index contributed by atoms with van der Waals surface area (Å²) < 4.78 is 23.9. The molecule has 7 rings (SSSR count). The Balaban J connectivity index is 1.04. The van der Waals surface area contributed by atoms with Gasteiger partial charge < -0.3 is 54.7 Å². The molecule has 0 spiro atoms. The van der Waals surface area contributed by atoms with Crippen molar-refractivity contribution in [1.29, 1.82) is 0 Å². The number of hydrogen-bond donors (Lipinski definition) is 7. The number of allylic oxidation sites excluding steroid dienone is 1. The summed E-state index contributed by atoms with van der Waals surface area (Å²) in [5.41, 5.74) is 3.28. The van der Waals surface area contributed by atoms with Crippen LogP contribution in [-0.2, 0) is 18.9 Å². The first kappa shape index (κ1) is 38.3. The number of fused-ring (bicyclic) bond motifs is 5. The number of hydrogen-bond acceptors (Lipinski definition) is 12. The second-order valence-corrected chi connectivity index (χ2v) is 17.8. The number of rotatable bonds is 8. The summed E-state index contributed by atoms with van der Waals surface area (Å²) in [5.74, 6) is 3.95. The van der Waals surface area contributed by atoms with E-state index < -0.39 is 74.6 Å². The second-order valence-electron chi connectivity index (χ2n) is 17.8. The molecule has 7 aliphatic rings. The minimum atomic E-state index is -1.71.